The van der Waals surface area contributed by atoms with Crippen LogP contribution in [0.2, 0.25) is 0 Å². The smallest absolute Gasteiger partial charge is 0.208 e. The molecule has 2 heterocycles. The van der Waals surface area contributed by atoms with Crippen LogP contribution in [-0.2, 0) is 5.75 Å². The third kappa shape index (κ3) is 3.31. The molecule has 0 amide bonds. The van der Waals surface area contributed by atoms with E-state index in [0.717, 1.165) is 20.9 Å². The van der Waals surface area contributed by atoms with Gasteiger partial charge in [-0.1, -0.05) is 29.2 Å². The van der Waals surface area contributed by atoms with E-state index in [-0.39, 0.29) is 0 Å². The molecular formula is C10H13N5S2. The molecule has 0 spiro atoms. The van der Waals surface area contributed by atoms with Gasteiger partial charge in [0, 0.05) is 19.8 Å². The van der Waals surface area contributed by atoms with Crippen molar-refractivity contribution in [1.82, 2.24) is 15.2 Å². The predicted molar refractivity (Wildman–Crippen MR) is 72.4 cm³/mol. The summed E-state index contributed by atoms with van der Waals surface area (Å²) in [4.78, 5) is 6.18. The molecule has 2 N–H and O–H groups in total. The van der Waals surface area contributed by atoms with Gasteiger partial charge in [-0.05, 0) is 12.1 Å². The topological polar surface area (TPSA) is 67.9 Å². The van der Waals surface area contributed by atoms with E-state index in [9.17, 15) is 0 Å². The lowest BCUT2D eigenvalue weighted by molar-refractivity contribution is 0.972. The molecule has 0 aromatic carbocycles. The summed E-state index contributed by atoms with van der Waals surface area (Å²) in [6.07, 6.45) is 0. The number of nitrogens with two attached hydrogens (primary N) is 1. The third-order valence-corrected chi connectivity index (χ3v) is 4.21. The molecule has 0 aliphatic rings. The van der Waals surface area contributed by atoms with Crippen molar-refractivity contribution < 1.29 is 0 Å². The van der Waals surface area contributed by atoms with E-state index in [1.54, 1.807) is 29.2 Å². The summed E-state index contributed by atoms with van der Waals surface area (Å²) in [7, 11) is 3.91. The molecule has 0 aliphatic carbocycles. The number of thioether (sulfide) groups is 1. The van der Waals surface area contributed by atoms with E-state index in [4.69, 9.17) is 5.73 Å². The Bertz CT molecular complexity index is 497. The van der Waals surface area contributed by atoms with Gasteiger partial charge in [0.1, 0.15) is 5.82 Å². The van der Waals surface area contributed by atoms with Crippen molar-refractivity contribution >= 4 is 34.0 Å². The molecular weight excluding hydrogens is 254 g/mol. The zero-order valence-electron chi connectivity index (χ0n) is 9.62. The summed E-state index contributed by atoms with van der Waals surface area (Å²) < 4.78 is 0.943. The molecule has 7 heteroatoms. The van der Waals surface area contributed by atoms with Crippen LogP contribution < -0.4 is 10.6 Å². The third-order valence-electron chi connectivity index (χ3n) is 1.95. The Kier molecular flexibility index (Phi) is 3.80. The van der Waals surface area contributed by atoms with Gasteiger partial charge in [-0.2, -0.15) is 0 Å². The molecule has 0 saturated heterocycles. The fraction of sp³-hybridized carbons (Fsp3) is 0.300. The first-order chi connectivity index (χ1) is 8.15. The molecule has 0 bridgehead atoms. The van der Waals surface area contributed by atoms with Gasteiger partial charge in [0.15, 0.2) is 4.34 Å². The fourth-order valence-corrected chi connectivity index (χ4v) is 2.82. The van der Waals surface area contributed by atoms with Gasteiger partial charge in [0.2, 0.25) is 5.13 Å². The van der Waals surface area contributed by atoms with Gasteiger partial charge in [0.05, 0.1) is 5.69 Å². The molecule has 90 valence electrons. The van der Waals surface area contributed by atoms with E-state index < -0.39 is 0 Å². The molecule has 0 saturated carbocycles. The minimum atomic E-state index is 0.550. The Balaban J connectivity index is 1.97. The SMILES string of the molecule is CN(C)c1nnc(SCc2cccc(N)n2)s1. The lowest BCUT2D eigenvalue weighted by atomic mass is 10.4. The number of hydrogen-bond acceptors (Lipinski definition) is 7. The second kappa shape index (κ2) is 5.33. The van der Waals surface area contributed by atoms with Crippen LogP contribution in [-0.4, -0.2) is 29.3 Å². The summed E-state index contributed by atoms with van der Waals surface area (Å²) in [5.74, 6) is 1.31. The van der Waals surface area contributed by atoms with Gasteiger partial charge >= 0.3 is 0 Å². The second-order valence-electron chi connectivity index (χ2n) is 3.59. The van der Waals surface area contributed by atoms with Crippen molar-refractivity contribution in [2.75, 3.05) is 24.7 Å². The van der Waals surface area contributed by atoms with Crippen molar-refractivity contribution in [3.05, 3.63) is 23.9 Å². The molecule has 17 heavy (non-hydrogen) atoms. The molecule has 2 aromatic rings. The molecule has 5 nitrogen and oxygen atoms in total. The van der Waals surface area contributed by atoms with Gasteiger partial charge in [-0.15, -0.1) is 10.2 Å². The lowest BCUT2D eigenvalue weighted by Gasteiger charge is -2.03. The highest BCUT2D eigenvalue weighted by molar-refractivity contribution is 8.00. The van der Waals surface area contributed by atoms with Crippen molar-refractivity contribution in [3.63, 3.8) is 0 Å². The molecule has 2 rings (SSSR count). The van der Waals surface area contributed by atoms with Crippen molar-refractivity contribution in [1.29, 1.82) is 0 Å². The van der Waals surface area contributed by atoms with Crippen molar-refractivity contribution in [2.24, 2.45) is 0 Å². The average Bonchev–Trinajstić information content (AvgIpc) is 2.75. The van der Waals surface area contributed by atoms with Crippen LogP contribution in [0.25, 0.3) is 0 Å². The summed E-state index contributed by atoms with van der Waals surface area (Å²) in [6, 6.07) is 5.64. The number of nitrogens with zero attached hydrogens (tertiary/aromatic N) is 4. The number of nitrogen functional groups attached to an aromatic ring is 1. The van der Waals surface area contributed by atoms with Crippen LogP contribution >= 0.6 is 23.1 Å². The van der Waals surface area contributed by atoms with Crippen LogP contribution in [0, 0.1) is 0 Å². The molecule has 0 radical (unpaired) electrons. The van der Waals surface area contributed by atoms with Gasteiger partial charge in [-0.3, -0.25) is 0 Å². The Hall–Kier alpha value is -1.34. The van der Waals surface area contributed by atoms with Crippen LogP contribution in [0.1, 0.15) is 5.69 Å². The Labute approximate surface area is 108 Å². The number of hydrogen-bond donors (Lipinski definition) is 1. The maximum atomic E-state index is 5.62. The Morgan fingerprint density at radius 1 is 1.35 bits per heavy atom. The minimum absolute atomic E-state index is 0.550. The van der Waals surface area contributed by atoms with E-state index >= 15 is 0 Å². The highest BCUT2D eigenvalue weighted by Gasteiger charge is 2.06. The van der Waals surface area contributed by atoms with Gasteiger partial charge < -0.3 is 10.6 Å². The zero-order valence-corrected chi connectivity index (χ0v) is 11.3. The van der Waals surface area contributed by atoms with E-state index in [0.29, 0.717) is 5.82 Å². The largest absolute Gasteiger partial charge is 0.384 e. The summed E-state index contributed by atoms with van der Waals surface area (Å²) in [5, 5.41) is 9.09. The number of anilines is 2. The van der Waals surface area contributed by atoms with E-state index in [1.807, 2.05) is 31.1 Å². The maximum Gasteiger partial charge on any atom is 0.208 e. The standard InChI is InChI=1S/C10H13N5S2/c1-15(2)9-13-14-10(17-9)16-6-7-4-3-5-8(11)12-7/h3-5H,6H2,1-2H3,(H2,11,12). The van der Waals surface area contributed by atoms with Crippen molar-refractivity contribution in [2.45, 2.75) is 10.1 Å². The highest BCUT2D eigenvalue weighted by Crippen LogP contribution is 2.28. The van der Waals surface area contributed by atoms with Crippen LogP contribution in [0.15, 0.2) is 22.5 Å². The van der Waals surface area contributed by atoms with Crippen LogP contribution in [0.3, 0.4) is 0 Å². The van der Waals surface area contributed by atoms with E-state index in [2.05, 4.69) is 15.2 Å². The van der Waals surface area contributed by atoms with Crippen molar-refractivity contribution in [3.8, 4) is 0 Å². The first-order valence-corrected chi connectivity index (χ1v) is 6.80. The monoisotopic (exact) mass is 267 g/mol. The molecule has 0 atom stereocenters. The maximum absolute atomic E-state index is 5.62. The molecule has 2 aromatic heterocycles. The second-order valence-corrected chi connectivity index (χ2v) is 5.77. The highest BCUT2D eigenvalue weighted by atomic mass is 32.2. The molecule has 0 aliphatic heterocycles. The summed E-state index contributed by atoms with van der Waals surface area (Å²) >= 11 is 3.19. The summed E-state index contributed by atoms with van der Waals surface area (Å²) in [6.45, 7) is 0. The lowest BCUT2D eigenvalue weighted by Crippen LogP contribution is -2.07. The van der Waals surface area contributed by atoms with Gasteiger partial charge in [0.25, 0.3) is 0 Å². The normalized spacial score (nSPS) is 10.5. The van der Waals surface area contributed by atoms with Crippen LogP contribution in [0.5, 0.6) is 0 Å². The zero-order chi connectivity index (χ0) is 12.3. The molecule has 0 unspecified atom stereocenters. The Morgan fingerprint density at radius 2 is 2.18 bits per heavy atom. The number of rotatable bonds is 4. The van der Waals surface area contributed by atoms with E-state index in [1.165, 1.54) is 0 Å². The fourth-order valence-electron chi connectivity index (χ4n) is 1.16. The van der Waals surface area contributed by atoms with Gasteiger partial charge in [-0.25, -0.2) is 4.98 Å². The first kappa shape index (κ1) is 12.1. The Morgan fingerprint density at radius 3 is 2.82 bits per heavy atom. The summed E-state index contributed by atoms with van der Waals surface area (Å²) in [5.41, 5.74) is 6.57. The first-order valence-electron chi connectivity index (χ1n) is 5.00. The quantitative estimate of drug-likeness (QED) is 0.853. The minimum Gasteiger partial charge on any atom is -0.384 e. The molecule has 0 fully saturated rings. The number of aromatic nitrogens is 3. The predicted octanol–water partition coefficient (Wildman–Crippen LogP) is 1.87. The average molecular weight is 267 g/mol. The number of pyridine rings is 1. The van der Waals surface area contributed by atoms with Crippen LogP contribution in [0.4, 0.5) is 10.9 Å².